The number of piperazine rings is 2. The number of likely N-dealkylation sites (N-methyl/N-ethyl adjacent to an activating group) is 1. The van der Waals surface area contributed by atoms with Gasteiger partial charge in [0, 0.05) is 73.9 Å². The Bertz CT molecular complexity index is 4910. The number of hydrogen-bond acceptors (Lipinski definition) is 18. The molecule has 0 unspecified atom stereocenters. The summed E-state index contributed by atoms with van der Waals surface area (Å²) < 4.78 is 56.5. The van der Waals surface area contributed by atoms with E-state index in [-0.39, 0.29) is 123 Å². The van der Waals surface area contributed by atoms with Gasteiger partial charge in [-0.05, 0) is 169 Å². The zero-order chi connectivity index (χ0) is 78.5. The predicted molar refractivity (Wildman–Crippen MR) is 418 cm³/mol. The van der Waals surface area contributed by atoms with Gasteiger partial charge in [-0.2, -0.15) is 0 Å². The van der Waals surface area contributed by atoms with Gasteiger partial charge in [-0.3, -0.25) is 38.3 Å². The second kappa shape index (κ2) is 31.9. The number of amides is 4. The quantitative estimate of drug-likeness (QED) is 0.106. The normalized spacial score (nSPS) is 17.1. The van der Waals surface area contributed by atoms with Crippen molar-refractivity contribution in [3.63, 3.8) is 0 Å². The minimum atomic E-state index is -0.844. The van der Waals surface area contributed by atoms with Gasteiger partial charge in [0.25, 0.3) is 17.0 Å². The van der Waals surface area contributed by atoms with E-state index < -0.39 is 70.2 Å². The van der Waals surface area contributed by atoms with E-state index in [0.29, 0.717) is 51.5 Å². The Morgan fingerprint density at radius 2 is 1.04 bits per heavy atom. The molecule has 10 heterocycles. The summed E-state index contributed by atoms with van der Waals surface area (Å²) in [5.74, 6) is -0.975. The number of nitrogens with zero attached hydrogens (tertiary/aromatic N) is 13. The highest BCUT2D eigenvalue weighted by atomic mass is 35.5. The van der Waals surface area contributed by atoms with E-state index in [0.717, 1.165) is 23.6 Å². The van der Waals surface area contributed by atoms with Crippen molar-refractivity contribution in [1.82, 2.24) is 48.7 Å². The predicted octanol–water partition coefficient (Wildman–Crippen LogP) is 13.6. The Kier molecular flexibility index (Phi) is 24.0. The van der Waals surface area contributed by atoms with Crippen molar-refractivity contribution in [3.8, 4) is 45.4 Å². The van der Waals surface area contributed by atoms with E-state index in [1.54, 1.807) is 89.2 Å². The van der Waals surface area contributed by atoms with Crippen LogP contribution in [0.1, 0.15) is 117 Å². The molecule has 2 fully saturated rings. The number of benzene rings is 2. The lowest BCUT2D eigenvalue weighted by Gasteiger charge is -2.50. The number of aromatic nitrogens is 6. The monoisotopic (exact) mass is 1530 g/mol. The lowest BCUT2D eigenvalue weighted by molar-refractivity contribution is -0.121. The highest BCUT2D eigenvalue weighted by molar-refractivity contribution is 6.35. The van der Waals surface area contributed by atoms with Gasteiger partial charge in [0.1, 0.15) is 57.8 Å². The smallest absolute Gasteiger partial charge is 0.410 e. The summed E-state index contributed by atoms with van der Waals surface area (Å²) in [5, 5.41) is 4.01. The molecule has 6 aromatic heterocycles. The standard InChI is InChI=1S/C39H47ClFN7O5.C35H38ClFN6O5.C4H10ClN/c1-21(2)30-32(22(3)14-15-42-30)48-35-24(18-25(40)31(43-35)29-26(41)12-11-13-28(29)52-10)33-34(37(48)50)45(17-16-44(8)9)36(49)27-20-46(23(4)19-47(27)33)38(51)53-39(5,6)7;1-17(2)26-29(18(3)12-13-38-26)43-31-20(14-21(36)27(39-31)25-22(37)10-9-11-24(25)47-8)30-28(33(43)45)40-32(44)23-16-41(19(4)15-42(23)30)34(46)48-35(5,6)7;1-6(2)4-3-5/h11-15,18,21,23,27H,16-17,19-20H2,1-10H3;9-14,17,19,23H,15-16H2,1-8H3,(H,40,44);3-4H2,1-2H3/t23-,27-;19-,23-;/m11./s1. The molecule has 0 bridgehead atoms. The molecule has 4 aliphatic rings. The van der Waals surface area contributed by atoms with Gasteiger partial charge in [0.15, 0.2) is 11.3 Å². The van der Waals surface area contributed by atoms with Crippen molar-refractivity contribution in [1.29, 1.82) is 0 Å². The van der Waals surface area contributed by atoms with Crippen molar-refractivity contribution in [2.45, 2.75) is 144 Å². The van der Waals surface area contributed by atoms with Crippen LogP contribution in [0.4, 0.5) is 41.1 Å². The number of carbonyl (C=O) groups excluding carboxylic acids is 4. The molecule has 0 radical (unpaired) electrons. The molecule has 4 aliphatic heterocycles. The number of alkyl halides is 1. The number of anilines is 4. The number of aryl methyl sites for hydroxylation is 2. The van der Waals surface area contributed by atoms with Crippen LogP contribution < -0.4 is 40.6 Å². The Balaban J connectivity index is 0.000000213. The lowest BCUT2D eigenvalue weighted by atomic mass is 9.97. The number of methoxy groups -OCH3 is 2. The zero-order valence-electron chi connectivity index (χ0n) is 64.3. The SMILES string of the molecule is CN(C)CCCl.COc1cccc(F)c1-c1nc2c(cc1Cl)c1c(c(=O)n2-c2c(C)ccnc2C(C)C)N(CCN(C)C)C(=O)[C@H]2CN(C(=O)OC(C)(C)C)[C@H](C)CN12.COc1cccc(F)c1-c1nc2c(cc1Cl)c1c(c(=O)n2-c2c(C)ccnc2C(C)C)NC(=O)[C@H]2CN(C(=O)OC(C)(C)C)[C@H](C)CN12. The number of rotatable bonds is 13. The molecule has 24 nitrogen and oxygen atoms in total. The first-order chi connectivity index (χ1) is 50.3. The minimum absolute atomic E-state index is 0.0246. The first-order valence-corrected chi connectivity index (χ1v) is 36.8. The minimum Gasteiger partial charge on any atom is -0.496 e. The molecule has 572 valence electrons. The molecule has 12 rings (SSSR count). The summed E-state index contributed by atoms with van der Waals surface area (Å²) in [6, 6.07) is 13.3. The van der Waals surface area contributed by atoms with Gasteiger partial charge < -0.3 is 58.6 Å². The molecule has 0 aliphatic carbocycles. The van der Waals surface area contributed by atoms with Gasteiger partial charge >= 0.3 is 12.2 Å². The molecule has 29 heteroatoms. The van der Waals surface area contributed by atoms with E-state index >= 15 is 13.6 Å². The van der Waals surface area contributed by atoms with Crippen LogP contribution in [-0.2, 0) is 19.1 Å². The molecule has 2 aromatic carbocycles. The summed E-state index contributed by atoms with van der Waals surface area (Å²) in [4.78, 5) is 117. The fourth-order valence-electron chi connectivity index (χ4n) is 13.8. The molecule has 1 N–H and O–H groups in total. The molecular weight excluding hydrogens is 1440 g/mol. The van der Waals surface area contributed by atoms with Crippen LogP contribution in [0.25, 0.3) is 56.0 Å². The Hall–Kier alpha value is -9.21. The van der Waals surface area contributed by atoms with Crippen LogP contribution in [0.15, 0.2) is 82.6 Å². The van der Waals surface area contributed by atoms with Crippen LogP contribution in [-0.4, -0.2) is 202 Å². The fraction of sp³-hybridized carbons (Fsp3) is 0.462. The summed E-state index contributed by atoms with van der Waals surface area (Å²) in [6.45, 7) is 28.2. The Labute approximate surface area is 637 Å². The third-order valence-electron chi connectivity index (χ3n) is 18.8. The van der Waals surface area contributed by atoms with E-state index in [4.69, 9.17) is 68.7 Å². The van der Waals surface area contributed by atoms with Crippen LogP contribution in [0, 0.1) is 25.5 Å². The maximum absolute atomic E-state index is 15.7. The van der Waals surface area contributed by atoms with E-state index in [1.807, 2.05) is 109 Å². The van der Waals surface area contributed by atoms with Gasteiger partial charge in [-0.25, -0.2) is 28.3 Å². The third-order valence-corrected chi connectivity index (χ3v) is 19.6. The molecular formula is C78H95Cl3F2N14O10. The number of pyridine rings is 6. The highest BCUT2D eigenvalue weighted by Gasteiger charge is 2.49. The van der Waals surface area contributed by atoms with E-state index in [1.165, 1.54) is 57.4 Å². The molecule has 0 spiro atoms. The second-order valence-corrected chi connectivity index (χ2v) is 31.5. The average molecular weight is 1530 g/mol. The van der Waals surface area contributed by atoms with Crippen LogP contribution in [0.3, 0.4) is 0 Å². The first-order valence-electron chi connectivity index (χ1n) is 35.5. The van der Waals surface area contributed by atoms with Gasteiger partial charge in [-0.1, -0.05) is 63.0 Å². The Morgan fingerprint density at radius 1 is 0.607 bits per heavy atom. The maximum atomic E-state index is 15.7. The first kappa shape index (κ1) is 80.3. The molecule has 0 saturated carbocycles. The molecule has 4 amide bonds. The van der Waals surface area contributed by atoms with E-state index in [9.17, 15) is 24.0 Å². The highest BCUT2D eigenvalue weighted by Crippen LogP contribution is 2.48. The fourth-order valence-corrected chi connectivity index (χ4v) is 14.7. The number of nitrogens with one attached hydrogen (secondary N) is 1. The van der Waals surface area contributed by atoms with Crippen LogP contribution in [0.5, 0.6) is 11.5 Å². The summed E-state index contributed by atoms with van der Waals surface area (Å²) in [5.41, 5.74) is 3.10. The second-order valence-electron chi connectivity index (χ2n) is 30.3. The van der Waals surface area contributed by atoms with Gasteiger partial charge in [-0.15, -0.1) is 11.6 Å². The van der Waals surface area contributed by atoms with Gasteiger partial charge in [0.05, 0.1) is 94.0 Å². The number of hydrogen-bond donors (Lipinski definition) is 1. The zero-order valence-corrected chi connectivity index (χ0v) is 66.6. The maximum Gasteiger partial charge on any atom is 0.410 e. The van der Waals surface area contributed by atoms with Gasteiger partial charge in [0.2, 0.25) is 5.91 Å². The number of carbonyl (C=O) groups is 4. The summed E-state index contributed by atoms with van der Waals surface area (Å²) in [6.07, 6.45) is 2.32. The molecule has 107 heavy (non-hydrogen) atoms. The summed E-state index contributed by atoms with van der Waals surface area (Å²) >= 11 is 19.4. The van der Waals surface area contributed by atoms with Crippen LogP contribution >= 0.6 is 34.8 Å². The van der Waals surface area contributed by atoms with Crippen molar-refractivity contribution in [2.75, 3.05) is 114 Å². The lowest BCUT2D eigenvalue weighted by Crippen LogP contribution is -2.67. The Morgan fingerprint density at radius 3 is 1.45 bits per heavy atom. The van der Waals surface area contributed by atoms with Crippen molar-refractivity contribution in [3.05, 3.63) is 138 Å². The molecule has 8 aromatic rings. The van der Waals surface area contributed by atoms with Crippen LogP contribution in [0.2, 0.25) is 10.0 Å². The third kappa shape index (κ3) is 16.0. The number of halogens is 5. The molecule has 2 saturated heterocycles. The topological polar surface area (TPSA) is 235 Å². The largest absolute Gasteiger partial charge is 0.496 e. The van der Waals surface area contributed by atoms with Crippen molar-refractivity contribution in [2.24, 2.45) is 0 Å². The average Bonchev–Trinajstić information content (AvgIpc) is 0.647. The summed E-state index contributed by atoms with van der Waals surface area (Å²) in [7, 11) is 10.6. The van der Waals surface area contributed by atoms with Crippen molar-refractivity contribution < 1.29 is 46.9 Å². The van der Waals surface area contributed by atoms with E-state index in [2.05, 4.69) is 10.3 Å². The number of fused-ring (bicyclic) bond motifs is 10. The van der Waals surface area contributed by atoms with Crippen molar-refractivity contribution >= 4 is 104 Å². The number of ether oxygens (including phenoxy) is 4. The molecule has 4 atom stereocenters.